The van der Waals surface area contributed by atoms with Crippen LogP contribution in [-0.4, -0.2) is 47.6 Å². The number of fused-ring (bicyclic) bond motifs is 1. The maximum atomic E-state index is 13.3. The van der Waals surface area contributed by atoms with Crippen molar-refractivity contribution in [2.45, 2.75) is 12.8 Å². The lowest BCUT2D eigenvalue weighted by molar-refractivity contribution is 0.230. The minimum absolute atomic E-state index is 0.124. The zero-order chi connectivity index (χ0) is 22.8. The van der Waals surface area contributed by atoms with Crippen molar-refractivity contribution in [2.75, 3.05) is 33.4 Å². The van der Waals surface area contributed by atoms with Crippen molar-refractivity contribution in [3.8, 4) is 33.1 Å². The third-order valence-electron chi connectivity index (χ3n) is 5.87. The average Bonchev–Trinajstić information content (AvgIpc) is 3.51. The molecule has 0 amide bonds. The number of hydrogen-bond donors (Lipinski definition) is 0. The second-order valence-corrected chi connectivity index (χ2v) is 9.44. The second kappa shape index (κ2) is 9.55. The molecule has 0 N–H and O–H groups in total. The monoisotopic (exact) mass is 481 g/mol. The first-order valence-electron chi connectivity index (χ1n) is 10.9. The Morgan fingerprint density at radius 3 is 2.58 bits per heavy atom. The highest BCUT2D eigenvalue weighted by Crippen LogP contribution is 2.33. The van der Waals surface area contributed by atoms with E-state index in [2.05, 4.69) is 9.88 Å². The summed E-state index contributed by atoms with van der Waals surface area (Å²) in [6.07, 6.45) is 5.98. The zero-order valence-corrected chi connectivity index (χ0v) is 19.9. The van der Waals surface area contributed by atoms with Crippen molar-refractivity contribution >= 4 is 27.9 Å². The van der Waals surface area contributed by atoms with Gasteiger partial charge in [0.1, 0.15) is 6.61 Å². The minimum atomic E-state index is -0.124. The summed E-state index contributed by atoms with van der Waals surface area (Å²) in [5.74, 6) is 1.28. The number of benzene rings is 2. The molecule has 5 rings (SSSR count). The Morgan fingerprint density at radius 1 is 1.06 bits per heavy atom. The summed E-state index contributed by atoms with van der Waals surface area (Å²) < 4.78 is 13.1. The van der Waals surface area contributed by atoms with Gasteiger partial charge in [-0.15, -0.1) is 0 Å². The molecule has 1 fully saturated rings. The third kappa shape index (κ3) is 4.62. The van der Waals surface area contributed by atoms with Crippen molar-refractivity contribution in [3.63, 3.8) is 0 Å². The number of methoxy groups -OCH3 is 1. The Morgan fingerprint density at radius 2 is 1.82 bits per heavy atom. The molecule has 0 bridgehead atoms. The number of likely N-dealkylation sites (tertiary alicyclic amines) is 1. The van der Waals surface area contributed by atoms with Crippen molar-refractivity contribution < 1.29 is 9.47 Å². The van der Waals surface area contributed by atoms with E-state index >= 15 is 0 Å². The fourth-order valence-electron chi connectivity index (χ4n) is 4.08. The van der Waals surface area contributed by atoms with Crippen molar-refractivity contribution in [2.24, 2.45) is 0 Å². The zero-order valence-electron chi connectivity index (χ0n) is 18.3. The van der Waals surface area contributed by atoms with Gasteiger partial charge in [0.25, 0.3) is 5.56 Å². The van der Waals surface area contributed by atoms with Crippen LogP contribution in [0.2, 0.25) is 5.02 Å². The Hall–Kier alpha value is -2.87. The lowest BCUT2D eigenvalue weighted by Gasteiger charge is -2.16. The van der Waals surface area contributed by atoms with Gasteiger partial charge in [0, 0.05) is 24.0 Å². The summed E-state index contributed by atoms with van der Waals surface area (Å²) >= 11 is 7.46. The highest BCUT2D eigenvalue weighted by Gasteiger charge is 2.15. The Bertz CT molecular complexity index is 1330. The van der Waals surface area contributed by atoms with E-state index in [0.29, 0.717) is 33.7 Å². The van der Waals surface area contributed by atoms with Crippen LogP contribution in [0.5, 0.6) is 11.5 Å². The number of nitrogens with zero attached hydrogens (tertiary/aromatic N) is 3. The number of ether oxygens (including phenoxy) is 2. The van der Waals surface area contributed by atoms with Crippen LogP contribution in [0.15, 0.2) is 59.7 Å². The molecule has 0 radical (unpaired) electrons. The maximum absolute atomic E-state index is 13.3. The van der Waals surface area contributed by atoms with Crippen LogP contribution in [0.4, 0.5) is 0 Å². The van der Waals surface area contributed by atoms with Crippen molar-refractivity contribution in [1.29, 1.82) is 0 Å². The standard InChI is InChI=1S/C25H24ClN3O3S/c1-31-22-14-18(6-9-21(22)32-13-12-28-10-2-3-11-28)20-15-27-25-29(24(20)30)16-23(33-25)17-4-7-19(26)8-5-17/h4-9,14-16H,2-3,10-13H2,1H3. The van der Waals surface area contributed by atoms with Crippen LogP contribution in [0.1, 0.15) is 12.8 Å². The molecular formula is C25H24ClN3O3S. The molecule has 6 nitrogen and oxygen atoms in total. The molecule has 1 aliphatic rings. The summed E-state index contributed by atoms with van der Waals surface area (Å²) in [6.45, 7) is 3.79. The molecule has 0 saturated carbocycles. The van der Waals surface area contributed by atoms with Gasteiger partial charge in [-0.1, -0.05) is 41.1 Å². The summed E-state index contributed by atoms with van der Waals surface area (Å²) in [4.78, 5) is 21.8. The largest absolute Gasteiger partial charge is 0.493 e. The summed E-state index contributed by atoms with van der Waals surface area (Å²) in [5, 5.41) is 0.676. The molecule has 8 heteroatoms. The molecule has 170 valence electrons. The van der Waals surface area contributed by atoms with Gasteiger partial charge in [0.15, 0.2) is 16.5 Å². The van der Waals surface area contributed by atoms with Crippen LogP contribution in [-0.2, 0) is 0 Å². The predicted molar refractivity (Wildman–Crippen MR) is 133 cm³/mol. The van der Waals surface area contributed by atoms with Crippen LogP contribution >= 0.6 is 22.9 Å². The molecule has 0 aliphatic carbocycles. The number of hydrogen-bond acceptors (Lipinski definition) is 6. The van der Waals surface area contributed by atoms with Gasteiger partial charge in [-0.25, -0.2) is 4.98 Å². The van der Waals surface area contributed by atoms with Gasteiger partial charge in [-0.3, -0.25) is 14.1 Å². The first-order chi connectivity index (χ1) is 16.1. The molecule has 0 spiro atoms. The molecule has 4 aromatic rings. The predicted octanol–water partition coefficient (Wildman–Crippen LogP) is 5.23. The first kappa shape index (κ1) is 21.9. The molecule has 2 aromatic carbocycles. The highest BCUT2D eigenvalue weighted by atomic mass is 35.5. The van der Waals surface area contributed by atoms with E-state index in [4.69, 9.17) is 21.1 Å². The van der Waals surface area contributed by atoms with E-state index in [-0.39, 0.29) is 5.56 Å². The quantitative estimate of drug-likeness (QED) is 0.362. The lowest BCUT2D eigenvalue weighted by atomic mass is 10.1. The Kier molecular flexibility index (Phi) is 6.35. The Labute approximate surface area is 201 Å². The molecule has 1 aliphatic heterocycles. The molecule has 1 saturated heterocycles. The Balaban J connectivity index is 1.41. The lowest BCUT2D eigenvalue weighted by Crippen LogP contribution is -2.25. The van der Waals surface area contributed by atoms with Gasteiger partial charge in [0.2, 0.25) is 0 Å². The number of rotatable bonds is 7. The van der Waals surface area contributed by atoms with E-state index in [1.54, 1.807) is 17.7 Å². The molecule has 33 heavy (non-hydrogen) atoms. The van der Waals surface area contributed by atoms with E-state index < -0.39 is 0 Å². The number of aromatic nitrogens is 2. The minimum Gasteiger partial charge on any atom is -0.493 e. The summed E-state index contributed by atoms with van der Waals surface area (Å²) in [6, 6.07) is 13.1. The fourth-order valence-corrected chi connectivity index (χ4v) is 5.15. The molecule has 2 aromatic heterocycles. The second-order valence-electron chi connectivity index (χ2n) is 7.99. The molecule has 0 unspecified atom stereocenters. The van der Waals surface area contributed by atoms with Gasteiger partial charge < -0.3 is 9.47 Å². The van der Waals surface area contributed by atoms with Crippen molar-refractivity contribution in [1.82, 2.24) is 14.3 Å². The molecule has 3 heterocycles. The van der Waals surface area contributed by atoms with Crippen LogP contribution in [0.3, 0.4) is 0 Å². The topological polar surface area (TPSA) is 56.1 Å². The number of halogens is 1. The third-order valence-corrected chi connectivity index (χ3v) is 7.17. The van der Waals surface area contributed by atoms with Crippen LogP contribution in [0, 0.1) is 0 Å². The van der Waals surface area contributed by atoms with Crippen LogP contribution in [0.25, 0.3) is 26.5 Å². The fraction of sp³-hybridized carbons (Fsp3) is 0.280. The number of thiazole rings is 1. The smallest absolute Gasteiger partial charge is 0.266 e. The molecule has 0 atom stereocenters. The molecular weight excluding hydrogens is 458 g/mol. The van der Waals surface area contributed by atoms with Gasteiger partial charge >= 0.3 is 0 Å². The van der Waals surface area contributed by atoms with Gasteiger partial charge in [-0.05, 0) is 61.3 Å². The van der Waals surface area contributed by atoms with E-state index in [9.17, 15) is 4.79 Å². The summed E-state index contributed by atoms with van der Waals surface area (Å²) in [7, 11) is 1.61. The van der Waals surface area contributed by atoms with Crippen LogP contribution < -0.4 is 15.0 Å². The average molecular weight is 482 g/mol. The van der Waals surface area contributed by atoms with Crippen molar-refractivity contribution in [3.05, 3.63) is 70.2 Å². The normalized spacial score (nSPS) is 14.1. The van der Waals surface area contributed by atoms with Gasteiger partial charge in [-0.2, -0.15) is 0 Å². The highest BCUT2D eigenvalue weighted by molar-refractivity contribution is 7.20. The van der Waals surface area contributed by atoms with E-state index in [1.165, 1.54) is 24.2 Å². The SMILES string of the molecule is COc1cc(-c2cnc3sc(-c4ccc(Cl)cc4)cn3c2=O)ccc1OCCN1CCCC1. The first-order valence-corrected chi connectivity index (χ1v) is 12.1. The maximum Gasteiger partial charge on any atom is 0.266 e. The summed E-state index contributed by atoms with van der Waals surface area (Å²) in [5.41, 5.74) is 2.12. The van der Waals surface area contributed by atoms with Gasteiger partial charge in [0.05, 0.1) is 17.6 Å². The van der Waals surface area contributed by atoms with E-state index in [0.717, 1.165) is 35.6 Å². The van der Waals surface area contributed by atoms with E-state index in [1.807, 2.05) is 48.7 Å².